The van der Waals surface area contributed by atoms with Gasteiger partial charge in [0.25, 0.3) is 11.5 Å². The summed E-state index contributed by atoms with van der Waals surface area (Å²) < 4.78 is 25.3. The first-order valence-electron chi connectivity index (χ1n) is 0.513. The number of rotatable bonds is 0. The molecule has 1 radical (unpaired) electrons. The van der Waals surface area contributed by atoms with Gasteiger partial charge in [-0.25, -0.2) is 4.78 Å². The summed E-state index contributed by atoms with van der Waals surface area (Å²) >= 11 is -3.11. The van der Waals surface area contributed by atoms with Crippen molar-refractivity contribution < 1.29 is 7.77 Å². The molecule has 0 aliphatic rings. The first kappa shape index (κ1) is 9.82. The van der Waals surface area contributed by atoms with E-state index in [1.807, 2.05) is 0 Å². The molecule has 0 aromatic rings. The molecule has 5 heavy (non-hydrogen) atoms. The molecule has 0 spiro atoms. The van der Waals surface area contributed by atoms with Crippen LogP contribution in [0.25, 0.3) is 0 Å². The quantitative estimate of drug-likeness (QED) is 0.461. The van der Waals surface area contributed by atoms with Crippen LogP contribution in [0.2, 0.25) is 0 Å². The fourth-order valence-electron chi connectivity index (χ4n) is 0. The van der Waals surface area contributed by atoms with Crippen molar-refractivity contribution in [3.05, 3.63) is 0 Å². The molecule has 0 aromatic carbocycles. The molecule has 0 unspecified atom stereocenters. The van der Waals surface area contributed by atoms with Crippen molar-refractivity contribution in [1.82, 2.24) is 0 Å². The molecule has 0 bridgehead atoms. The molecule has 0 amide bonds. The zero-order valence-corrected chi connectivity index (χ0v) is 6.60. The van der Waals surface area contributed by atoms with Crippen LogP contribution < -0.4 is 0 Å². The fourth-order valence-corrected chi connectivity index (χ4v) is 0. The van der Waals surface area contributed by atoms with Crippen LogP contribution in [0.5, 0.6) is 0 Å². The predicted octanol–water partition coefficient (Wildman–Crippen LogP) is 0.755. The SMILES string of the molecule is N=S(F)F.[K]. The van der Waals surface area contributed by atoms with Crippen LogP contribution in [0, 0.1) is 4.78 Å². The van der Waals surface area contributed by atoms with Crippen LogP contribution in [0.3, 0.4) is 0 Å². The van der Waals surface area contributed by atoms with Crippen molar-refractivity contribution in [2.24, 2.45) is 0 Å². The smallest absolute Gasteiger partial charge is 0.222 e. The summed E-state index contributed by atoms with van der Waals surface area (Å²) in [4.78, 5) is 0. The molecule has 0 rings (SSSR count). The Morgan fingerprint density at radius 3 is 1.40 bits per heavy atom. The molecular formula is HF2KNS. The zero-order chi connectivity index (χ0) is 3.58. The van der Waals surface area contributed by atoms with E-state index in [-0.39, 0.29) is 51.4 Å². The van der Waals surface area contributed by atoms with Crippen LogP contribution in [-0.2, 0) is 11.5 Å². The molecule has 0 heterocycles. The van der Waals surface area contributed by atoms with Gasteiger partial charge in [-0.05, 0) is 0 Å². The summed E-state index contributed by atoms with van der Waals surface area (Å²) in [6, 6.07) is 0. The van der Waals surface area contributed by atoms with Crippen molar-refractivity contribution in [2.75, 3.05) is 0 Å². The third kappa shape index (κ3) is 27.7. The van der Waals surface area contributed by atoms with Crippen LogP contribution in [-0.4, -0.2) is 51.4 Å². The van der Waals surface area contributed by atoms with Gasteiger partial charge in [0.2, 0.25) is 0 Å². The summed E-state index contributed by atoms with van der Waals surface area (Å²) in [5, 5.41) is 0. The van der Waals surface area contributed by atoms with E-state index in [4.69, 9.17) is 4.78 Å². The van der Waals surface area contributed by atoms with E-state index in [1.54, 1.807) is 0 Å². The molecule has 0 aliphatic carbocycles. The van der Waals surface area contributed by atoms with Crippen LogP contribution >= 0.6 is 0 Å². The maximum absolute atomic E-state index is 10.0. The zero-order valence-electron chi connectivity index (χ0n) is 2.66. The average molecular weight is 124 g/mol. The summed E-state index contributed by atoms with van der Waals surface area (Å²) in [5.41, 5.74) is 0. The van der Waals surface area contributed by atoms with Gasteiger partial charge in [-0.1, -0.05) is 0 Å². The van der Waals surface area contributed by atoms with Gasteiger partial charge < -0.3 is 0 Å². The van der Waals surface area contributed by atoms with Gasteiger partial charge in [-0.15, -0.1) is 7.77 Å². The van der Waals surface area contributed by atoms with E-state index in [2.05, 4.69) is 0 Å². The Labute approximate surface area is 74.0 Å². The normalized spacial score (nSPS) is 7.00. The number of nitrogens with one attached hydrogen (secondary N) is 1. The predicted molar refractivity (Wildman–Crippen MR) is 18.1 cm³/mol. The maximum atomic E-state index is 10.0. The number of halogens is 2. The van der Waals surface area contributed by atoms with Crippen molar-refractivity contribution in [2.45, 2.75) is 0 Å². The molecule has 5 heteroatoms. The Bertz CT molecular complexity index is 32.6. The first-order valence-corrected chi connectivity index (χ1v) is 1.54. The first-order chi connectivity index (χ1) is 1.73. The minimum Gasteiger partial charge on any atom is -0.222 e. The monoisotopic (exact) mass is 124 g/mol. The molecule has 0 atom stereocenters. The van der Waals surface area contributed by atoms with Gasteiger partial charge in [0, 0.05) is 51.4 Å². The Morgan fingerprint density at radius 1 is 1.40 bits per heavy atom. The summed E-state index contributed by atoms with van der Waals surface area (Å²) in [6.45, 7) is 0. The van der Waals surface area contributed by atoms with E-state index >= 15 is 0 Å². The third-order valence-corrected chi connectivity index (χ3v) is 0. The molecule has 0 aliphatic heterocycles. The third-order valence-electron chi connectivity index (χ3n) is 0. The molecule has 27 valence electrons. The van der Waals surface area contributed by atoms with Gasteiger partial charge in [0.15, 0.2) is 0 Å². The van der Waals surface area contributed by atoms with E-state index in [1.165, 1.54) is 0 Å². The minimum atomic E-state index is -3.11. The molecule has 0 aromatic heterocycles. The van der Waals surface area contributed by atoms with Gasteiger partial charge in [0.1, 0.15) is 0 Å². The topological polar surface area (TPSA) is 23.9 Å². The Kier molecular flexibility index (Phi) is 11.1. The summed E-state index contributed by atoms with van der Waals surface area (Å²) in [7, 11) is 0. The summed E-state index contributed by atoms with van der Waals surface area (Å²) in [6.07, 6.45) is 0. The molecule has 0 saturated heterocycles. The van der Waals surface area contributed by atoms with Crippen molar-refractivity contribution in [3.8, 4) is 0 Å². The Balaban J connectivity index is 0. The number of hydrogen-bond acceptors (Lipinski definition) is 1. The summed E-state index contributed by atoms with van der Waals surface area (Å²) in [5.74, 6) is 0. The largest absolute Gasteiger partial charge is 0.258 e. The van der Waals surface area contributed by atoms with Crippen molar-refractivity contribution in [3.63, 3.8) is 0 Å². The maximum Gasteiger partial charge on any atom is 0.258 e. The Morgan fingerprint density at radius 2 is 1.40 bits per heavy atom. The molecule has 1 N–H and O–H groups in total. The van der Waals surface area contributed by atoms with Gasteiger partial charge >= 0.3 is 0 Å². The second-order valence-corrected chi connectivity index (χ2v) is 0.638. The average Bonchev–Trinajstić information content (AvgIpc) is 0.811. The standard InChI is InChI=1S/F2HNS.K/c1-4(2)3;/h3H;. The molecule has 0 fully saturated rings. The molecular weight excluding hydrogens is 123 g/mol. The van der Waals surface area contributed by atoms with Crippen molar-refractivity contribution in [1.29, 1.82) is 4.78 Å². The van der Waals surface area contributed by atoms with Gasteiger partial charge in [0.05, 0.1) is 0 Å². The minimum absolute atomic E-state index is 0. The van der Waals surface area contributed by atoms with Crippen LogP contribution in [0.15, 0.2) is 0 Å². The van der Waals surface area contributed by atoms with E-state index in [9.17, 15) is 7.77 Å². The molecule has 0 saturated carbocycles. The van der Waals surface area contributed by atoms with E-state index in [0.29, 0.717) is 0 Å². The second kappa shape index (κ2) is 5.65. The van der Waals surface area contributed by atoms with Crippen LogP contribution in [0.4, 0.5) is 7.77 Å². The number of hydrogen-bond donors (Lipinski definition) is 1. The van der Waals surface area contributed by atoms with Crippen LogP contribution in [0.1, 0.15) is 0 Å². The second-order valence-electron chi connectivity index (χ2n) is 0.213. The van der Waals surface area contributed by atoms with Crippen molar-refractivity contribution >= 4 is 62.8 Å². The fraction of sp³-hybridized carbons (Fsp3) is 0. The van der Waals surface area contributed by atoms with E-state index < -0.39 is 11.5 Å². The molecule has 1 nitrogen and oxygen atoms in total. The van der Waals surface area contributed by atoms with Gasteiger partial charge in [-0.2, -0.15) is 0 Å². The van der Waals surface area contributed by atoms with Gasteiger partial charge in [-0.3, -0.25) is 0 Å². The Hall–Kier alpha value is 1.65. The van der Waals surface area contributed by atoms with E-state index in [0.717, 1.165) is 0 Å².